The number of fused-ring (bicyclic) bond motifs is 1. The highest BCUT2D eigenvalue weighted by molar-refractivity contribution is 6.30. The molecule has 2 aromatic heterocycles. The van der Waals surface area contributed by atoms with Crippen LogP contribution < -0.4 is 16.0 Å². The summed E-state index contributed by atoms with van der Waals surface area (Å²) in [5.41, 5.74) is 1.69. The molecular weight excluding hydrogens is 522 g/mol. The smallest absolute Gasteiger partial charge is 0.410 e. The molecule has 0 bridgehead atoms. The van der Waals surface area contributed by atoms with Gasteiger partial charge >= 0.3 is 6.09 Å². The number of ether oxygens (including phenoxy) is 1. The summed E-state index contributed by atoms with van der Waals surface area (Å²) in [6.07, 6.45) is 4.41. The Morgan fingerprint density at radius 3 is 2.64 bits per heavy atom. The van der Waals surface area contributed by atoms with E-state index in [0.717, 1.165) is 18.5 Å². The van der Waals surface area contributed by atoms with Gasteiger partial charge in [-0.3, -0.25) is 14.9 Å². The lowest BCUT2D eigenvalue weighted by Gasteiger charge is -2.34. The van der Waals surface area contributed by atoms with Crippen LogP contribution in [-0.4, -0.2) is 62.1 Å². The second kappa shape index (κ2) is 10.6. The summed E-state index contributed by atoms with van der Waals surface area (Å²) in [5, 5.41) is 14.2. The molecule has 1 aromatic carbocycles. The molecule has 0 atom stereocenters. The molecule has 0 radical (unpaired) electrons. The molecule has 5 rings (SSSR count). The van der Waals surface area contributed by atoms with Crippen LogP contribution >= 0.6 is 11.6 Å². The van der Waals surface area contributed by atoms with Crippen molar-refractivity contribution in [3.8, 4) is 0 Å². The average molecular weight is 552 g/mol. The summed E-state index contributed by atoms with van der Waals surface area (Å²) < 4.78 is 7.18. The average Bonchev–Trinajstić information content (AvgIpc) is 3.40. The number of halogens is 1. The number of nitrogens with zero attached hydrogens (tertiary/aromatic N) is 4. The molecule has 0 aliphatic carbocycles. The number of benzene rings is 1. The Hall–Kier alpha value is -4.12. The SMILES string of the molecule is CC(C)(C)OC(=O)N1CCC(Nc2cc(Nc3cccc(Cl)c3)nc3c(/C=C4\CC(=O)NC4=O)cnn23)CC1. The molecule has 2 fully saturated rings. The lowest BCUT2D eigenvalue weighted by Crippen LogP contribution is -2.44. The number of carbonyl (C=O) groups excluding carboxylic acids is 3. The molecular formula is C27H30ClN7O4. The predicted molar refractivity (Wildman–Crippen MR) is 148 cm³/mol. The molecule has 3 aromatic rings. The van der Waals surface area contributed by atoms with Crippen LogP contribution in [0, 0.1) is 0 Å². The van der Waals surface area contributed by atoms with Gasteiger partial charge in [-0.15, -0.1) is 0 Å². The summed E-state index contributed by atoms with van der Waals surface area (Å²) in [4.78, 5) is 42.8. The number of aromatic nitrogens is 3. The zero-order chi connectivity index (χ0) is 27.7. The summed E-state index contributed by atoms with van der Waals surface area (Å²) in [5.74, 6) is 0.490. The Labute approximate surface area is 230 Å². The molecule has 39 heavy (non-hydrogen) atoms. The van der Waals surface area contributed by atoms with Crippen LogP contribution in [0.2, 0.25) is 5.02 Å². The molecule has 2 saturated heterocycles. The van der Waals surface area contributed by atoms with Gasteiger partial charge in [-0.1, -0.05) is 17.7 Å². The maximum absolute atomic E-state index is 12.5. The van der Waals surface area contributed by atoms with E-state index in [4.69, 9.17) is 21.3 Å². The maximum Gasteiger partial charge on any atom is 0.410 e. The standard InChI is InChI=1S/C27H30ClN7O4/c1-27(2,3)39-26(38)34-9-7-19(8-10-34)31-22-14-21(30-20-6-4-5-18(28)13-20)32-24-17(15-29-35(22)24)11-16-12-23(36)33-25(16)37/h4-6,11,13-15,19,31H,7-10,12H2,1-3H3,(H,30,32)(H,33,36,37)/b16-11+. The van der Waals surface area contributed by atoms with E-state index in [2.05, 4.69) is 21.0 Å². The van der Waals surface area contributed by atoms with Crippen LogP contribution in [0.1, 0.15) is 45.6 Å². The van der Waals surface area contributed by atoms with Crippen LogP contribution in [0.4, 0.5) is 22.1 Å². The van der Waals surface area contributed by atoms with Gasteiger partial charge in [0, 0.05) is 47.0 Å². The fraction of sp³-hybridized carbons (Fsp3) is 0.370. The van der Waals surface area contributed by atoms with Gasteiger partial charge in [0.2, 0.25) is 5.91 Å². The van der Waals surface area contributed by atoms with Crippen molar-refractivity contribution in [2.75, 3.05) is 23.7 Å². The molecule has 0 saturated carbocycles. The highest BCUT2D eigenvalue weighted by atomic mass is 35.5. The summed E-state index contributed by atoms with van der Waals surface area (Å²) in [6.45, 7) is 6.69. The van der Waals surface area contributed by atoms with E-state index in [1.165, 1.54) is 0 Å². The summed E-state index contributed by atoms with van der Waals surface area (Å²) in [7, 11) is 0. The van der Waals surface area contributed by atoms with Crippen LogP contribution in [0.15, 0.2) is 42.1 Å². The van der Waals surface area contributed by atoms with Gasteiger partial charge in [-0.2, -0.15) is 9.61 Å². The minimum atomic E-state index is -0.541. The lowest BCUT2D eigenvalue weighted by molar-refractivity contribution is -0.124. The van der Waals surface area contributed by atoms with Crippen molar-refractivity contribution in [1.29, 1.82) is 0 Å². The number of piperidine rings is 1. The maximum atomic E-state index is 12.5. The third-order valence-corrected chi connectivity index (χ3v) is 6.56. The molecule has 4 heterocycles. The molecule has 2 aliphatic heterocycles. The van der Waals surface area contributed by atoms with Crippen molar-refractivity contribution < 1.29 is 19.1 Å². The van der Waals surface area contributed by atoms with Gasteiger partial charge < -0.3 is 20.3 Å². The van der Waals surface area contributed by atoms with E-state index in [1.54, 1.807) is 33.8 Å². The number of carbonyl (C=O) groups is 3. The Morgan fingerprint density at radius 1 is 1.21 bits per heavy atom. The highest BCUT2D eigenvalue weighted by Gasteiger charge is 2.28. The van der Waals surface area contributed by atoms with Crippen LogP contribution in [0.25, 0.3) is 11.7 Å². The Bertz CT molecular complexity index is 1470. The van der Waals surface area contributed by atoms with Crippen LogP contribution in [0.5, 0.6) is 0 Å². The molecule has 204 valence electrons. The van der Waals surface area contributed by atoms with Gasteiger partial charge in [0.25, 0.3) is 5.91 Å². The van der Waals surface area contributed by atoms with Gasteiger partial charge in [-0.05, 0) is 57.9 Å². The van der Waals surface area contributed by atoms with Gasteiger partial charge in [-0.25, -0.2) is 9.78 Å². The first-order valence-corrected chi connectivity index (χ1v) is 13.1. The van der Waals surface area contributed by atoms with Crippen LogP contribution in [0.3, 0.4) is 0 Å². The van der Waals surface area contributed by atoms with Crippen molar-refractivity contribution in [1.82, 2.24) is 24.8 Å². The predicted octanol–water partition coefficient (Wildman–Crippen LogP) is 4.37. The third-order valence-electron chi connectivity index (χ3n) is 6.32. The second-order valence-electron chi connectivity index (χ2n) is 10.6. The largest absolute Gasteiger partial charge is 0.444 e. The van der Waals surface area contributed by atoms with Gasteiger partial charge in [0.15, 0.2) is 5.65 Å². The van der Waals surface area contributed by atoms with E-state index in [9.17, 15) is 14.4 Å². The Morgan fingerprint density at radius 2 is 1.97 bits per heavy atom. The molecule has 3 amide bonds. The topological polar surface area (TPSA) is 130 Å². The first kappa shape index (κ1) is 26.5. The van der Waals surface area contributed by atoms with E-state index in [-0.39, 0.29) is 24.5 Å². The number of anilines is 3. The Kier molecular flexibility index (Phi) is 7.17. The number of imide groups is 1. The summed E-state index contributed by atoms with van der Waals surface area (Å²) >= 11 is 6.17. The first-order chi connectivity index (χ1) is 18.5. The van der Waals surface area contributed by atoms with Gasteiger partial charge in [0.05, 0.1) is 12.6 Å². The number of rotatable bonds is 5. The van der Waals surface area contributed by atoms with Crippen molar-refractivity contribution in [2.24, 2.45) is 0 Å². The normalized spacial score (nSPS) is 17.5. The zero-order valence-electron chi connectivity index (χ0n) is 22.0. The quantitative estimate of drug-likeness (QED) is 0.315. The molecule has 2 aliphatic rings. The molecule has 11 nitrogen and oxygen atoms in total. The number of likely N-dealkylation sites (tertiary alicyclic amines) is 1. The number of nitrogens with one attached hydrogen (secondary N) is 3. The monoisotopic (exact) mass is 551 g/mol. The van der Waals surface area contributed by atoms with Gasteiger partial charge in [0.1, 0.15) is 17.2 Å². The molecule has 0 unspecified atom stereocenters. The van der Waals surface area contributed by atoms with E-state index in [1.807, 2.05) is 39.0 Å². The molecule has 0 spiro atoms. The minimum absolute atomic E-state index is 0.0119. The fourth-order valence-corrected chi connectivity index (χ4v) is 4.70. The van der Waals surface area contributed by atoms with Crippen LogP contribution in [-0.2, 0) is 14.3 Å². The van der Waals surface area contributed by atoms with Crippen molar-refractivity contribution in [2.45, 2.75) is 51.7 Å². The number of hydrogen-bond donors (Lipinski definition) is 3. The number of hydrogen-bond acceptors (Lipinski definition) is 8. The van der Waals surface area contributed by atoms with E-state index >= 15 is 0 Å². The van der Waals surface area contributed by atoms with E-state index in [0.29, 0.717) is 46.5 Å². The summed E-state index contributed by atoms with van der Waals surface area (Å²) in [6, 6.07) is 9.23. The van der Waals surface area contributed by atoms with Crippen molar-refractivity contribution >= 4 is 58.6 Å². The number of amides is 3. The van der Waals surface area contributed by atoms with Crippen molar-refractivity contribution in [3.05, 3.63) is 52.7 Å². The molecule has 3 N–H and O–H groups in total. The highest BCUT2D eigenvalue weighted by Crippen LogP contribution is 2.27. The minimum Gasteiger partial charge on any atom is -0.444 e. The van der Waals surface area contributed by atoms with Crippen molar-refractivity contribution in [3.63, 3.8) is 0 Å². The van der Waals surface area contributed by atoms with E-state index < -0.39 is 11.5 Å². The second-order valence-corrected chi connectivity index (χ2v) is 11.0. The molecule has 12 heteroatoms. The zero-order valence-corrected chi connectivity index (χ0v) is 22.7. The third kappa shape index (κ3) is 6.31. The fourth-order valence-electron chi connectivity index (χ4n) is 4.51. The first-order valence-electron chi connectivity index (χ1n) is 12.7. The Balaban J connectivity index is 1.42. The lowest BCUT2D eigenvalue weighted by atomic mass is 10.1.